The largest absolute Gasteiger partial charge is 0.372 e. The number of alkyl halides is 1. The third-order valence-electron chi connectivity index (χ3n) is 5.21. The molecule has 2 heteroatoms. The van der Waals surface area contributed by atoms with Gasteiger partial charge in [0.15, 0.2) is 0 Å². The van der Waals surface area contributed by atoms with Crippen LogP contribution in [0.3, 0.4) is 0 Å². The van der Waals surface area contributed by atoms with E-state index in [-0.39, 0.29) is 0 Å². The summed E-state index contributed by atoms with van der Waals surface area (Å²) in [5.74, 6) is 0. The van der Waals surface area contributed by atoms with Crippen LogP contribution in [0.5, 0.6) is 0 Å². The SMILES string of the molecule is BrCC1(CC2CCC3(CCCC3)O2)CCC1. The molecule has 0 radical (unpaired) electrons. The topological polar surface area (TPSA) is 9.23 Å². The molecule has 16 heavy (non-hydrogen) atoms. The summed E-state index contributed by atoms with van der Waals surface area (Å²) in [5, 5.41) is 1.19. The highest BCUT2D eigenvalue weighted by molar-refractivity contribution is 9.09. The van der Waals surface area contributed by atoms with E-state index in [1.54, 1.807) is 0 Å². The lowest BCUT2D eigenvalue weighted by atomic mass is 9.67. The molecule has 2 saturated carbocycles. The van der Waals surface area contributed by atoms with Gasteiger partial charge in [0.05, 0.1) is 11.7 Å². The number of hydrogen-bond acceptors (Lipinski definition) is 1. The highest BCUT2D eigenvalue weighted by Crippen LogP contribution is 2.51. The Bertz CT molecular complexity index is 248. The van der Waals surface area contributed by atoms with Crippen LogP contribution in [0.2, 0.25) is 0 Å². The summed E-state index contributed by atoms with van der Waals surface area (Å²) in [4.78, 5) is 0. The first-order valence-corrected chi connectivity index (χ1v) is 8.12. The van der Waals surface area contributed by atoms with Gasteiger partial charge in [-0.2, -0.15) is 0 Å². The van der Waals surface area contributed by atoms with E-state index in [1.165, 1.54) is 69.5 Å². The Kier molecular flexibility index (Phi) is 3.08. The monoisotopic (exact) mass is 286 g/mol. The van der Waals surface area contributed by atoms with Crippen LogP contribution in [0.15, 0.2) is 0 Å². The number of ether oxygens (including phenoxy) is 1. The molecular weight excluding hydrogens is 264 g/mol. The number of rotatable bonds is 3. The molecule has 1 heterocycles. The van der Waals surface area contributed by atoms with E-state index >= 15 is 0 Å². The fourth-order valence-corrected chi connectivity index (χ4v) is 4.77. The second kappa shape index (κ2) is 4.28. The molecule has 1 saturated heterocycles. The van der Waals surface area contributed by atoms with Crippen molar-refractivity contribution in [1.29, 1.82) is 0 Å². The van der Waals surface area contributed by atoms with Gasteiger partial charge in [0.1, 0.15) is 0 Å². The lowest BCUT2D eigenvalue weighted by Crippen LogP contribution is -2.36. The molecule has 0 aromatic carbocycles. The number of hydrogen-bond donors (Lipinski definition) is 0. The zero-order valence-corrected chi connectivity index (χ0v) is 11.7. The van der Waals surface area contributed by atoms with Crippen LogP contribution in [0.4, 0.5) is 0 Å². The van der Waals surface area contributed by atoms with E-state index in [2.05, 4.69) is 15.9 Å². The molecule has 0 amide bonds. The van der Waals surface area contributed by atoms with Gasteiger partial charge < -0.3 is 4.74 Å². The minimum absolute atomic E-state index is 0.335. The van der Waals surface area contributed by atoms with E-state index in [4.69, 9.17) is 4.74 Å². The van der Waals surface area contributed by atoms with Gasteiger partial charge in [0.25, 0.3) is 0 Å². The number of halogens is 1. The zero-order valence-electron chi connectivity index (χ0n) is 10.1. The molecule has 3 aliphatic rings. The van der Waals surface area contributed by atoms with Crippen LogP contribution >= 0.6 is 15.9 Å². The van der Waals surface area contributed by atoms with E-state index in [9.17, 15) is 0 Å². The average molecular weight is 287 g/mol. The van der Waals surface area contributed by atoms with Crippen LogP contribution in [-0.2, 0) is 4.74 Å². The summed E-state index contributed by atoms with van der Waals surface area (Å²) in [6, 6.07) is 0. The second-order valence-corrected chi connectivity index (χ2v) is 6.92. The predicted octanol–water partition coefficient (Wildman–Crippen LogP) is 4.43. The highest BCUT2D eigenvalue weighted by atomic mass is 79.9. The van der Waals surface area contributed by atoms with Crippen molar-refractivity contribution in [1.82, 2.24) is 0 Å². The Morgan fingerprint density at radius 2 is 1.75 bits per heavy atom. The average Bonchev–Trinajstić information content (AvgIpc) is 2.84. The normalized spacial score (nSPS) is 35.4. The molecule has 92 valence electrons. The second-order valence-electron chi connectivity index (χ2n) is 6.36. The third kappa shape index (κ3) is 1.96. The van der Waals surface area contributed by atoms with Gasteiger partial charge in [-0.1, -0.05) is 35.2 Å². The fraction of sp³-hybridized carbons (Fsp3) is 1.00. The van der Waals surface area contributed by atoms with E-state index in [0.717, 1.165) is 0 Å². The van der Waals surface area contributed by atoms with Crippen molar-refractivity contribution in [3.05, 3.63) is 0 Å². The van der Waals surface area contributed by atoms with Gasteiger partial charge >= 0.3 is 0 Å². The highest BCUT2D eigenvalue weighted by Gasteiger charge is 2.46. The lowest BCUT2D eigenvalue weighted by Gasteiger charge is -2.42. The fourth-order valence-electron chi connectivity index (χ4n) is 3.98. The van der Waals surface area contributed by atoms with Gasteiger partial charge in [0.2, 0.25) is 0 Å². The van der Waals surface area contributed by atoms with Crippen molar-refractivity contribution < 1.29 is 4.74 Å². The van der Waals surface area contributed by atoms with Crippen molar-refractivity contribution >= 4 is 15.9 Å². The summed E-state index contributed by atoms with van der Waals surface area (Å²) in [5.41, 5.74) is 0.941. The third-order valence-corrected chi connectivity index (χ3v) is 6.40. The van der Waals surface area contributed by atoms with E-state index in [1.807, 2.05) is 0 Å². The summed E-state index contributed by atoms with van der Waals surface area (Å²) in [7, 11) is 0. The molecule has 1 aliphatic heterocycles. The van der Waals surface area contributed by atoms with Crippen molar-refractivity contribution in [3.8, 4) is 0 Å². The lowest BCUT2D eigenvalue weighted by molar-refractivity contribution is -0.0599. The van der Waals surface area contributed by atoms with E-state index in [0.29, 0.717) is 17.1 Å². The first-order valence-electron chi connectivity index (χ1n) is 7.00. The first-order chi connectivity index (χ1) is 7.76. The van der Waals surface area contributed by atoms with Crippen LogP contribution in [0.1, 0.15) is 64.2 Å². The molecule has 0 bridgehead atoms. The van der Waals surface area contributed by atoms with Crippen LogP contribution in [0.25, 0.3) is 0 Å². The molecule has 1 spiro atoms. The minimum atomic E-state index is 0.335. The molecule has 0 N–H and O–H groups in total. The van der Waals surface area contributed by atoms with Crippen molar-refractivity contribution in [2.75, 3.05) is 5.33 Å². The van der Waals surface area contributed by atoms with Crippen LogP contribution in [0, 0.1) is 5.41 Å². The summed E-state index contributed by atoms with van der Waals surface area (Å²) in [6.07, 6.45) is 14.3. The molecule has 1 atom stereocenters. The zero-order chi connectivity index (χ0) is 11.1. The summed E-state index contributed by atoms with van der Waals surface area (Å²) >= 11 is 3.71. The van der Waals surface area contributed by atoms with Gasteiger partial charge in [-0.3, -0.25) is 0 Å². The van der Waals surface area contributed by atoms with Crippen LogP contribution in [-0.4, -0.2) is 17.0 Å². The Morgan fingerprint density at radius 3 is 2.31 bits per heavy atom. The van der Waals surface area contributed by atoms with E-state index < -0.39 is 0 Å². The quantitative estimate of drug-likeness (QED) is 0.698. The van der Waals surface area contributed by atoms with Gasteiger partial charge in [0, 0.05) is 5.33 Å². The molecule has 3 fully saturated rings. The summed E-state index contributed by atoms with van der Waals surface area (Å²) in [6.45, 7) is 0. The summed E-state index contributed by atoms with van der Waals surface area (Å²) < 4.78 is 6.42. The predicted molar refractivity (Wildman–Crippen MR) is 70.0 cm³/mol. The van der Waals surface area contributed by atoms with Gasteiger partial charge in [-0.25, -0.2) is 0 Å². The Labute approximate surface area is 107 Å². The molecule has 2 aliphatic carbocycles. The molecule has 0 aromatic heterocycles. The van der Waals surface area contributed by atoms with Crippen molar-refractivity contribution in [3.63, 3.8) is 0 Å². The molecule has 1 nitrogen and oxygen atoms in total. The molecule has 0 aromatic rings. The molecule has 3 rings (SSSR count). The maximum Gasteiger partial charge on any atom is 0.0687 e. The molecular formula is C14H23BrO. The van der Waals surface area contributed by atoms with Gasteiger partial charge in [-0.15, -0.1) is 0 Å². The first kappa shape index (κ1) is 11.5. The standard InChI is InChI=1S/C14H23BrO/c15-11-13(5-3-6-13)10-12-4-9-14(16-12)7-1-2-8-14/h12H,1-11H2. The smallest absolute Gasteiger partial charge is 0.0687 e. The van der Waals surface area contributed by atoms with Gasteiger partial charge in [-0.05, 0) is 50.4 Å². The molecule has 1 unspecified atom stereocenters. The minimum Gasteiger partial charge on any atom is -0.372 e. The van der Waals surface area contributed by atoms with Crippen molar-refractivity contribution in [2.24, 2.45) is 5.41 Å². The Balaban J connectivity index is 1.57. The van der Waals surface area contributed by atoms with Crippen LogP contribution < -0.4 is 0 Å². The van der Waals surface area contributed by atoms with Crippen molar-refractivity contribution in [2.45, 2.75) is 75.9 Å². The maximum atomic E-state index is 6.42. The Hall–Kier alpha value is 0.440. The Morgan fingerprint density at radius 1 is 1.00 bits per heavy atom. The maximum absolute atomic E-state index is 6.42.